The molecule has 4 aromatic rings. The molecule has 0 N–H and O–H groups in total. The molecule has 3 heteroatoms. The van der Waals surface area contributed by atoms with Gasteiger partial charge in [0.1, 0.15) is 0 Å². The van der Waals surface area contributed by atoms with Gasteiger partial charge in [-0.1, -0.05) is 65.7 Å². The Morgan fingerprint density at radius 2 is 1.05 bits per heavy atom. The summed E-state index contributed by atoms with van der Waals surface area (Å²) in [5, 5.41) is 3.40. The normalized spacial score (nSPS) is 11.2. The summed E-state index contributed by atoms with van der Waals surface area (Å²) in [7, 11) is 0. The van der Waals surface area contributed by atoms with Gasteiger partial charge in [-0.25, -0.2) is 4.98 Å². The minimum absolute atomic E-state index is 0.647. The Bertz CT molecular complexity index is 934. The Kier molecular flexibility index (Phi) is 3.25. The number of para-hydroxylation sites is 2. The fourth-order valence-electron chi connectivity index (χ4n) is 2.85. The third kappa shape index (κ3) is 2.06. The fraction of sp³-hybridized carbons (Fsp3) is 0. The van der Waals surface area contributed by atoms with E-state index >= 15 is 0 Å². The number of aromatic nitrogens is 1. The molecule has 0 fully saturated rings. The molecule has 0 atom stereocenters. The zero-order valence-corrected chi connectivity index (χ0v) is 13.1. The van der Waals surface area contributed by atoms with Crippen LogP contribution in [0, 0.1) is 0 Å². The van der Waals surface area contributed by atoms with Gasteiger partial charge < -0.3 is 0 Å². The van der Waals surface area contributed by atoms with Crippen molar-refractivity contribution in [1.82, 2.24) is 4.98 Å². The second-order valence-electron chi connectivity index (χ2n) is 5.12. The lowest BCUT2D eigenvalue weighted by atomic mass is 9.96. The van der Waals surface area contributed by atoms with E-state index in [4.69, 9.17) is 28.2 Å². The van der Waals surface area contributed by atoms with Gasteiger partial charge in [0, 0.05) is 31.9 Å². The Morgan fingerprint density at radius 3 is 1.59 bits per heavy atom. The van der Waals surface area contributed by atoms with E-state index in [0.29, 0.717) is 10.0 Å². The van der Waals surface area contributed by atoms with Crippen LogP contribution >= 0.6 is 23.2 Å². The molecule has 0 radical (unpaired) electrons. The summed E-state index contributed by atoms with van der Waals surface area (Å²) in [5.41, 5.74) is 3.77. The second-order valence-corrected chi connectivity index (χ2v) is 5.93. The van der Waals surface area contributed by atoms with Crippen LogP contribution in [0.1, 0.15) is 0 Å². The predicted molar refractivity (Wildman–Crippen MR) is 94.7 cm³/mol. The number of rotatable bonds is 1. The number of hydrogen-bond acceptors (Lipinski definition) is 1. The maximum Gasteiger partial charge on any atom is 0.0716 e. The van der Waals surface area contributed by atoms with Crippen molar-refractivity contribution >= 4 is 45.0 Å². The summed E-state index contributed by atoms with van der Waals surface area (Å²) < 4.78 is 0. The summed E-state index contributed by atoms with van der Waals surface area (Å²) in [4.78, 5) is 4.74. The van der Waals surface area contributed by atoms with E-state index in [9.17, 15) is 0 Å². The molecule has 0 aliphatic rings. The SMILES string of the molecule is Clc1cccc(Cl)c1-c1c2ccccc2nc2ccccc12. The first kappa shape index (κ1) is 13.6. The maximum absolute atomic E-state index is 6.46. The summed E-state index contributed by atoms with van der Waals surface area (Å²) in [6.45, 7) is 0. The highest BCUT2D eigenvalue weighted by atomic mass is 35.5. The summed E-state index contributed by atoms with van der Waals surface area (Å²) in [6, 6.07) is 21.7. The molecular weight excluding hydrogens is 313 g/mol. The van der Waals surface area contributed by atoms with Crippen LogP contribution in [0.5, 0.6) is 0 Å². The molecule has 0 aliphatic heterocycles. The van der Waals surface area contributed by atoms with Crippen LogP contribution in [0.4, 0.5) is 0 Å². The van der Waals surface area contributed by atoms with Gasteiger partial charge in [0.05, 0.1) is 11.0 Å². The van der Waals surface area contributed by atoms with E-state index in [1.165, 1.54) is 0 Å². The van der Waals surface area contributed by atoms with Gasteiger partial charge in [-0.15, -0.1) is 0 Å². The van der Waals surface area contributed by atoms with Crippen LogP contribution in [0.2, 0.25) is 10.0 Å². The molecule has 0 aliphatic carbocycles. The summed E-state index contributed by atoms with van der Waals surface area (Å²) in [5.74, 6) is 0. The molecular formula is C19H11Cl2N. The van der Waals surface area contributed by atoms with Crippen molar-refractivity contribution in [2.24, 2.45) is 0 Å². The highest BCUT2D eigenvalue weighted by Crippen LogP contribution is 2.41. The van der Waals surface area contributed by atoms with Crippen molar-refractivity contribution in [1.29, 1.82) is 0 Å². The van der Waals surface area contributed by atoms with Crippen molar-refractivity contribution in [2.45, 2.75) is 0 Å². The van der Waals surface area contributed by atoms with E-state index in [2.05, 4.69) is 12.1 Å². The number of hydrogen-bond donors (Lipinski definition) is 0. The standard InChI is InChI=1S/C19H11Cl2N/c20-14-8-5-9-15(21)19(14)18-12-6-1-3-10-16(12)22-17-11-4-2-7-13(17)18/h1-11H. The van der Waals surface area contributed by atoms with Crippen molar-refractivity contribution in [3.63, 3.8) is 0 Å². The quantitative estimate of drug-likeness (QED) is 0.371. The molecule has 0 amide bonds. The number of nitrogens with zero attached hydrogens (tertiary/aromatic N) is 1. The molecule has 1 aromatic heterocycles. The average Bonchev–Trinajstić information content (AvgIpc) is 2.54. The smallest absolute Gasteiger partial charge is 0.0716 e. The molecule has 1 nitrogen and oxygen atoms in total. The Morgan fingerprint density at radius 1 is 0.545 bits per heavy atom. The Labute approximate surface area is 138 Å². The molecule has 0 bridgehead atoms. The topological polar surface area (TPSA) is 12.9 Å². The minimum Gasteiger partial charge on any atom is -0.248 e. The van der Waals surface area contributed by atoms with Crippen molar-refractivity contribution < 1.29 is 0 Å². The van der Waals surface area contributed by atoms with Crippen molar-refractivity contribution in [3.8, 4) is 11.1 Å². The lowest BCUT2D eigenvalue weighted by Crippen LogP contribution is -1.90. The number of fused-ring (bicyclic) bond motifs is 2. The van der Waals surface area contributed by atoms with Crippen LogP contribution < -0.4 is 0 Å². The molecule has 106 valence electrons. The zero-order chi connectivity index (χ0) is 15.1. The van der Waals surface area contributed by atoms with Crippen LogP contribution in [-0.2, 0) is 0 Å². The first-order valence-corrected chi connectivity index (χ1v) is 7.73. The van der Waals surface area contributed by atoms with Crippen LogP contribution in [-0.4, -0.2) is 4.98 Å². The van der Waals surface area contributed by atoms with E-state index < -0.39 is 0 Å². The van der Waals surface area contributed by atoms with Crippen molar-refractivity contribution in [2.75, 3.05) is 0 Å². The van der Waals surface area contributed by atoms with Gasteiger partial charge in [-0.2, -0.15) is 0 Å². The number of benzene rings is 3. The monoisotopic (exact) mass is 323 g/mol. The van der Waals surface area contributed by atoms with E-state index in [0.717, 1.165) is 32.9 Å². The lowest BCUT2D eigenvalue weighted by molar-refractivity contribution is 1.49. The third-order valence-corrected chi connectivity index (χ3v) is 4.43. The molecule has 0 saturated heterocycles. The summed E-state index contributed by atoms with van der Waals surface area (Å²) >= 11 is 12.9. The molecule has 3 aromatic carbocycles. The summed E-state index contributed by atoms with van der Waals surface area (Å²) in [6.07, 6.45) is 0. The van der Waals surface area contributed by atoms with Crippen molar-refractivity contribution in [3.05, 3.63) is 76.8 Å². The van der Waals surface area contributed by atoms with Gasteiger partial charge in [-0.05, 0) is 24.3 Å². The van der Waals surface area contributed by atoms with Gasteiger partial charge in [0.25, 0.3) is 0 Å². The second kappa shape index (κ2) is 5.28. The largest absolute Gasteiger partial charge is 0.248 e. The number of pyridine rings is 1. The van der Waals surface area contributed by atoms with E-state index in [-0.39, 0.29) is 0 Å². The van der Waals surface area contributed by atoms with Crippen LogP contribution in [0.3, 0.4) is 0 Å². The molecule has 0 saturated carbocycles. The lowest BCUT2D eigenvalue weighted by Gasteiger charge is -2.13. The predicted octanol–water partition coefficient (Wildman–Crippen LogP) is 6.36. The Balaban J connectivity index is 2.27. The van der Waals surface area contributed by atoms with Gasteiger partial charge in [0.2, 0.25) is 0 Å². The highest BCUT2D eigenvalue weighted by Gasteiger charge is 2.15. The van der Waals surface area contributed by atoms with Crippen LogP contribution in [0.15, 0.2) is 66.7 Å². The first-order chi connectivity index (χ1) is 10.8. The molecule has 1 heterocycles. The molecule has 0 spiro atoms. The fourth-order valence-corrected chi connectivity index (χ4v) is 3.43. The Hall–Kier alpha value is -2.09. The van der Waals surface area contributed by atoms with E-state index in [1.807, 2.05) is 54.6 Å². The average molecular weight is 324 g/mol. The maximum atomic E-state index is 6.46. The first-order valence-electron chi connectivity index (χ1n) is 6.97. The minimum atomic E-state index is 0.647. The zero-order valence-electron chi connectivity index (χ0n) is 11.6. The highest BCUT2D eigenvalue weighted by molar-refractivity contribution is 6.40. The van der Waals surface area contributed by atoms with Gasteiger partial charge in [-0.3, -0.25) is 0 Å². The van der Waals surface area contributed by atoms with Crippen LogP contribution in [0.25, 0.3) is 32.9 Å². The third-order valence-electron chi connectivity index (χ3n) is 3.80. The molecule has 4 rings (SSSR count). The van der Waals surface area contributed by atoms with Gasteiger partial charge in [0.15, 0.2) is 0 Å². The molecule has 22 heavy (non-hydrogen) atoms. The van der Waals surface area contributed by atoms with E-state index in [1.54, 1.807) is 0 Å². The van der Waals surface area contributed by atoms with Gasteiger partial charge >= 0.3 is 0 Å². The number of halogens is 2. The molecule has 0 unspecified atom stereocenters.